The first-order chi connectivity index (χ1) is 45.9. The maximum Gasteiger partial charge on any atom is 0.241 e. The van der Waals surface area contributed by atoms with Crippen LogP contribution in [0.5, 0.6) is 0 Å². The van der Waals surface area contributed by atoms with E-state index >= 15 is 0 Å². The molecule has 10 heterocycles. The number of aliphatic hydroxyl groups is 3. The van der Waals surface area contributed by atoms with Gasteiger partial charge >= 0.3 is 0 Å². The number of fused-ring (bicyclic) bond motifs is 3. The second-order valence-electron chi connectivity index (χ2n) is 27.4. The fourth-order valence-corrected chi connectivity index (χ4v) is 13.9. The lowest BCUT2D eigenvalue weighted by Crippen LogP contribution is -2.30. The molecule has 0 aromatic carbocycles. The fraction of sp³-hybridized carbons (Fsp3) is 0.563. The van der Waals surface area contributed by atoms with Crippen molar-refractivity contribution >= 4 is 34.4 Å². The molecule has 95 heavy (non-hydrogen) atoms. The maximum absolute atomic E-state index is 10.4. The minimum atomic E-state index is -0.582. The SMILES string of the molecule is C#CCCn1cc(-c2cc(C3CCC(C)(O)CC3)n3nc(N[C@@H](C)COC)ncc23)cn1.COC[C@H](C)Nc1ncc2c(-c3ccnc(C)c3)cc(C3CCC(C)(O)CC3)n2n1.COC[C@H](C)Nc1ncc2c(-c3cnn(C[C@H]4CCCO4)c3)cc(C3CCC(O)CC3)n2n1. The fourth-order valence-electron chi connectivity index (χ4n) is 13.9. The van der Waals surface area contributed by atoms with Crippen LogP contribution in [0, 0.1) is 19.3 Å². The topological polar surface area (TPSA) is 273 Å². The molecular formula is C71H97N17O7. The Labute approximate surface area is 557 Å². The maximum atomic E-state index is 10.4. The molecule has 0 spiro atoms. The summed E-state index contributed by atoms with van der Waals surface area (Å²) in [4.78, 5) is 18.1. The van der Waals surface area contributed by atoms with Crippen molar-refractivity contribution in [3.05, 3.63) is 103 Å². The summed E-state index contributed by atoms with van der Waals surface area (Å²) in [5, 5.41) is 64.4. The third-order valence-corrected chi connectivity index (χ3v) is 19.1. The molecule has 3 saturated carbocycles. The van der Waals surface area contributed by atoms with Gasteiger partial charge in [-0.15, -0.1) is 27.6 Å². The van der Waals surface area contributed by atoms with Crippen LogP contribution >= 0.6 is 0 Å². The minimum absolute atomic E-state index is 0.0927. The molecular weight excluding hydrogens is 1200 g/mol. The lowest BCUT2D eigenvalue weighted by molar-refractivity contribution is 0.0162. The zero-order chi connectivity index (χ0) is 66.8. The predicted molar refractivity (Wildman–Crippen MR) is 368 cm³/mol. The molecule has 0 unspecified atom stereocenters. The van der Waals surface area contributed by atoms with Crippen molar-refractivity contribution in [2.45, 2.75) is 210 Å². The van der Waals surface area contributed by atoms with Crippen molar-refractivity contribution in [2.24, 2.45) is 0 Å². The highest BCUT2D eigenvalue weighted by molar-refractivity contribution is 5.83. The van der Waals surface area contributed by atoms with E-state index < -0.39 is 11.2 Å². The third kappa shape index (κ3) is 17.0. The summed E-state index contributed by atoms with van der Waals surface area (Å²) < 4.78 is 31.4. The van der Waals surface area contributed by atoms with Crippen LogP contribution in [0.4, 0.5) is 17.8 Å². The molecule has 3 aliphatic carbocycles. The Hall–Kier alpha value is -7.89. The normalized spacial score (nSPS) is 23.1. The second-order valence-corrected chi connectivity index (χ2v) is 27.4. The van der Waals surface area contributed by atoms with Crippen molar-refractivity contribution in [2.75, 3.05) is 63.7 Å². The number of pyridine rings is 1. The average molecular weight is 1300 g/mol. The van der Waals surface area contributed by atoms with E-state index in [-0.39, 0.29) is 30.3 Å². The Bertz CT molecular complexity index is 4000. The lowest BCUT2D eigenvalue weighted by Gasteiger charge is -2.32. The van der Waals surface area contributed by atoms with Crippen LogP contribution < -0.4 is 16.0 Å². The molecule has 4 aliphatic rings. The summed E-state index contributed by atoms with van der Waals surface area (Å²) >= 11 is 0. The van der Waals surface area contributed by atoms with Crippen LogP contribution in [0.3, 0.4) is 0 Å². The smallest absolute Gasteiger partial charge is 0.241 e. The number of aryl methyl sites for hydroxylation is 2. The number of rotatable bonds is 22. The summed E-state index contributed by atoms with van der Waals surface area (Å²) in [6.07, 6.45) is 34.2. The van der Waals surface area contributed by atoms with Gasteiger partial charge in [0.05, 0.1) is 104 Å². The Morgan fingerprint density at radius 2 is 1.02 bits per heavy atom. The number of aromatic nitrogens is 14. The van der Waals surface area contributed by atoms with Crippen LogP contribution in [0.15, 0.2) is 79.9 Å². The van der Waals surface area contributed by atoms with Crippen molar-refractivity contribution in [1.29, 1.82) is 0 Å². The lowest BCUT2D eigenvalue weighted by atomic mass is 9.78. The highest BCUT2D eigenvalue weighted by Gasteiger charge is 2.34. The number of nitrogens with zero attached hydrogens (tertiary/aromatic N) is 14. The van der Waals surface area contributed by atoms with Crippen molar-refractivity contribution in [1.82, 2.24) is 68.3 Å². The third-order valence-electron chi connectivity index (χ3n) is 19.1. The number of aliphatic hydroxyl groups excluding tert-OH is 1. The summed E-state index contributed by atoms with van der Waals surface area (Å²) in [5.74, 6) is 5.43. The first kappa shape index (κ1) is 68.5. The van der Waals surface area contributed by atoms with Crippen LogP contribution in [-0.4, -0.2) is 173 Å². The molecule has 4 atom stereocenters. The predicted octanol–water partition coefficient (Wildman–Crippen LogP) is 10.7. The highest BCUT2D eigenvalue weighted by atomic mass is 16.5. The van der Waals surface area contributed by atoms with Crippen molar-refractivity contribution in [3.63, 3.8) is 0 Å². The van der Waals surface area contributed by atoms with E-state index in [0.717, 1.165) is 164 Å². The molecule has 9 aromatic rings. The second kappa shape index (κ2) is 30.9. The molecule has 1 aliphatic heterocycles. The molecule has 0 bridgehead atoms. The van der Waals surface area contributed by atoms with Gasteiger partial charge in [0.1, 0.15) is 0 Å². The first-order valence-electron chi connectivity index (χ1n) is 34.0. The highest BCUT2D eigenvalue weighted by Crippen LogP contribution is 2.43. The molecule has 6 N–H and O–H groups in total. The number of nitrogens with one attached hydrogen (secondary N) is 3. The Morgan fingerprint density at radius 1 is 0.589 bits per heavy atom. The number of methoxy groups -OCH3 is 3. The van der Waals surface area contributed by atoms with Crippen molar-refractivity contribution in [3.8, 4) is 45.7 Å². The largest absolute Gasteiger partial charge is 0.393 e. The number of ether oxygens (including phenoxy) is 4. The first-order valence-corrected chi connectivity index (χ1v) is 34.0. The Morgan fingerprint density at radius 3 is 1.44 bits per heavy atom. The summed E-state index contributed by atoms with van der Waals surface area (Å²) in [6.45, 7) is 16.0. The monoisotopic (exact) mass is 1300 g/mol. The Kier molecular flexibility index (Phi) is 22.3. The van der Waals surface area contributed by atoms with E-state index in [9.17, 15) is 15.3 Å². The number of terminal acetylenes is 1. The van der Waals surface area contributed by atoms with Crippen LogP contribution in [0.1, 0.15) is 171 Å². The van der Waals surface area contributed by atoms with Gasteiger partial charge in [0.2, 0.25) is 17.8 Å². The summed E-state index contributed by atoms with van der Waals surface area (Å²) in [6, 6.07) is 11.1. The van der Waals surface area contributed by atoms with Gasteiger partial charge in [-0.2, -0.15) is 10.2 Å². The molecule has 4 fully saturated rings. The van der Waals surface area contributed by atoms with E-state index in [1.165, 1.54) is 11.4 Å². The van der Waals surface area contributed by atoms with Crippen LogP contribution in [0.25, 0.3) is 49.9 Å². The van der Waals surface area contributed by atoms with Crippen LogP contribution in [0.2, 0.25) is 0 Å². The summed E-state index contributed by atoms with van der Waals surface area (Å²) in [7, 11) is 5.06. The van der Waals surface area contributed by atoms with Crippen molar-refractivity contribution < 1.29 is 34.3 Å². The number of hydrogen-bond acceptors (Lipinski definition) is 19. The minimum Gasteiger partial charge on any atom is -0.393 e. The van der Waals surface area contributed by atoms with E-state index in [1.807, 2.05) is 114 Å². The van der Waals surface area contributed by atoms with E-state index in [4.69, 9.17) is 40.7 Å². The molecule has 24 heteroatoms. The number of hydrogen-bond donors (Lipinski definition) is 6. The van der Waals surface area contributed by atoms with Gasteiger partial charge in [0.15, 0.2) is 0 Å². The van der Waals surface area contributed by atoms with Gasteiger partial charge in [0.25, 0.3) is 0 Å². The average Bonchev–Trinajstić information content (AvgIpc) is 1.64. The van der Waals surface area contributed by atoms with E-state index in [0.29, 0.717) is 68.4 Å². The quantitative estimate of drug-likeness (QED) is 0.0344. The van der Waals surface area contributed by atoms with E-state index in [2.05, 4.69) is 82.5 Å². The zero-order valence-electron chi connectivity index (χ0n) is 56.8. The van der Waals surface area contributed by atoms with E-state index in [1.54, 1.807) is 21.3 Å². The molecule has 24 nitrogen and oxygen atoms in total. The molecule has 0 radical (unpaired) electrons. The molecule has 13 rings (SSSR count). The molecule has 9 aromatic heterocycles. The van der Waals surface area contributed by atoms with Gasteiger partial charge < -0.3 is 50.2 Å². The van der Waals surface area contributed by atoms with Gasteiger partial charge in [-0.05, 0) is 167 Å². The molecule has 1 saturated heterocycles. The van der Waals surface area contributed by atoms with Gasteiger partial charge in [-0.25, -0.2) is 28.5 Å². The van der Waals surface area contributed by atoms with Crippen LogP contribution in [-0.2, 0) is 32.0 Å². The number of anilines is 3. The van der Waals surface area contributed by atoms with Gasteiger partial charge in [-0.3, -0.25) is 14.3 Å². The summed E-state index contributed by atoms with van der Waals surface area (Å²) in [5.41, 5.74) is 12.7. The Balaban J connectivity index is 0.000000145. The van der Waals surface area contributed by atoms with Gasteiger partial charge in [-0.1, -0.05) is 0 Å². The standard InChI is InChI=1S/C24H34N6O3.C24H32N6O2.C23H31N5O2/c1-16(15-32-2)27-24-25-12-23-21(18-11-26-29(13-18)14-20-4-3-9-33-20)10-22(30(23)28-24)17-5-7-19(31)8-6-17;1-5-6-11-29-15-19(13-26-29)20-12-21(18-7-9-24(3,31)10-8-18)30-22(20)14-25-23(28-30)27-17(2)16-32-4;1-15-11-18(7-10-24-15)19-12-20(17-5-8-23(3,29)9-6-17)28-21(19)13-25-22(27-28)26-16(2)14-30-4/h10-13,16-17,19-20,31H,3-9,14-15H2,1-2H3,(H,27,28);1,12-15,17-18,31H,6-11,16H2,2-4H3,(H,27,28);7,10-13,16-17,29H,5-6,8-9,14H2,1-4H3,(H,26,27)/t16-,17?,19?,20+;17-,18?,24?;16-,17?,23?/m000/s1. The van der Waals surface area contributed by atoms with Gasteiger partial charge in [0, 0.05) is 139 Å². The zero-order valence-corrected chi connectivity index (χ0v) is 56.8. The molecule has 508 valence electrons. The molecule has 0 amide bonds.